The van der Waals surface area contributed by atoms with Crippen molar-refractivity contribution in [2.24, 2.45) is 35.5 Å². The van der Waals surface area contributed by atoms with Gasteiger partial charge in [-0.15, -0.1) is 11.8 Å². The summed E-state index contributed by atoms with van der Waals surface area (Å²) in [4.78, 5) is 13.6. The molecule has 0 spiro atoms. The molecule has 6 heteroatoms. The zero-order valence-electron chi connectivity index (χ0n) is 23.1. The minimum absolute atomic E-state index is 0.0207. The number of aliphatic hydroxyl groups excluding tert-OH is 1. The SMILES string of the molecule is CSC1=C2C3=CC(=O)C(O)=C2C2OC(CCC(C)C=C(C)CC(C)CC(C)C1(O)O3)C(C)C(C)C2C. The largest absolute Gasteiger partial charge is 0.504 e. The summed E-state index contributed by atoms with van der Waals surface area (Å²) < 4.78 is 13.0. The van der Waals surface area contributed by atoms with Crippen LogP contribution in [0.25, 0.3) is 0 Å². The van der Waals surface area contributed by atoms with E-state index in [2.05, 4.69) is 47.6 Å². The number of allylic oxidation sites excluding steroid dienone is 4. The van der Waals surface area contributed by atoms with Crippen LogP contribution in [-0.4, -0.2) is 40.2 Å². The number of rotatable bonds is 1. The number of fused-ring (bicyclic) bond motifs is 4. The monoisotopic (exact) mass is 516 g/mol. The Balaban J connectivity index is 1.88. The van der Waals surface area contributed by atoms with Gasteiger partial charge in [0, 0.05) is 23.1 Å². The minimum Gasteiger partial charge on any atom is -0.504 e. The molecule has 9 unspecified atom stereocenters. The summed E-state index contributed by atoms with van der Waals surface area (Å²) in [6, 6.07) is 0. The Labute approximate surface area is 221 Å². The predicted molar refractivity (Wildman–Crippen MR) is 145 cm³/mol. The topological polar surface area (TPSA) is 76.0 Å². The molecule has 9 atom stereocenters. The smallest absolute Gasteiger partial charge is 0.244 e. The van der Waals surface area contributed by atoms with Gasteiger partial charge in [-0.25, -0.2) is 0 Å². The molecule has 0 aromatic heterocycles. The van der Waals surface area contributed by atoms with Crippen molar-refractivity contribution in [3.8, 4) is 0 Å². The first-order valence-electron chi connectivity index (χ1n) is 13.6. The van der Waals surface area contributed by atoms with Crippen LogP contribution >= 0.6 is 11.8 Å². The second-order valence-corrected chi connectivity index (χ2v) is 12.8. The Hall–Kier alpha value is -1.50. The molecule has 3 heterocycles. The maximum absolute atomic E-state index is 12.9. The van der Waals surface area contributed by atoms with E-state index in [1.165, 1.54) is 23.4 Å². The number of carbonyl (C=O) groups is 1. The van der Waals surface area contributed by atoms with Crippen molar-refractivity contribution in [1.29, 1.82) is 0 Å². The summed E-state index contributed by atoms with van der Waals surface area (Å²) in [5.41, 5.74) is 2.52. The third-order valence-corrected chi connectivity index (χ3v) is 10.1. The number of carbonyl (C=O) groups excluding carboxylic acids is 1. The van der Waals surface area contributed by atoms with Crippen molar-refractivity contribution < 1.29 is 24.5 Å². The second-order valence-electron chi connectivity index (χ2n) is 12.0. The molecule has 1 saturated heterocycles. The van der Waals surface area contributed by atoms with Gasteiger partial charge in [0.2, 0.25) is 11.6 Å². The molecule has 5 nitrogen and oxygen atoms in total. The molecule has 0 saturated carbocycles. The van der Waals surface area contributed by atoms with Gasteiger partial charge in [0.15, 0.2) is 5.76 Å². The third kappa shape index (κ3) is 4.74. The molecule has 0 amide bonds. The van der Waals surface area contributed by atoms with Gasteiger partial charge in [-0.05, 0) is 68.5 Å². The van der Waals surface area contributed by atoms with E-state index in [4.69, 9.17) is 9.47 Å². The summed E-state index contributed by atoms with van der Waals surface area (Å²) in [6.07, 6.45) is 8.90. The molecule has 0 aromatic rings. The van der Waals surface area contributed by atoms with Crippen molar-refractivity contribution in [1.82, 2.24) is 0 Å². The lowest BCUT2D eigenvalue weighted by Crippen LogP contribution is -2.46. The Bertz CT molecular complexity index is 1020. The molecular formula is C30H44O5S. The van der Waals surface area contributed by atoms with E-state index in [1.807, 2.05) is 13.2 Å². The molecule has 4 rings (SSSR count). The van der Waals surface area contributed by atoms with E-state index < -0.39 is 17.7 Å². The van der Waals surface area contributed by atoms with E-state index in [9.17, 15) is 15.0 Å². The fourth-order valence-electron chi connectivity index (χ4n) is 6.85. The summed E-state index contributed by atoms with van der Waals surface area (Å²) in [5.74, 6) is -0.585. The van der Waals surface area contributed by atoms with Crippen molar-refractivity contribution in [3.63, 3.8) is 0 Å². The van der Waals surface area contributed by atoms with Crippen molar-refractivity contribution in [3.05, 3.63) is 45.3 Å². The molecule has 4 aliphatic rings. The molecule has 3 aliphatic heterocycles. The van der Waals surface area contributed by atoms with Crippen LogP contribution in [-0.2, 0) is 14.3 Å². The Morgan fingerprint density at radius 1 is 1.06 bits per heavy atom. The van der Waals surface area contributed by atoms with E-state index >= 15 is 0 Å². The Kier molecular flexibility index (Phi) is 7.91. The molecule has 0 radical (unpaired) electrons. The Morgan fingerprint density at radius 3 is 2.42 bits per heavy atom. The van der Waals surface area contributed by atoms with Crippen molar-refractivity contribution in [2.45, 2.75) is 92.1 Å². The molecule has 36 heavy (non-hydrogen) atoms. The lowest BCUT2D eigenvalue weighted by atomic mass is 9.71. The van der Waals surface area contributed by atoms with Gasteiger partial charge >= 0.3 is 0 Å². The molecule has 1 aliphatic carbocycles. The second kappa shape index (κ2) is 10.3. The first kappa shape index (κ1) is 27.5. The molecule has 0 aromatic carbocycles. The number of thioether (sulfide) groups is 1. The quantitative estimate of drug-likeness (QED) is 0.378. The predicted octanol–water partition coefficient (Wildman–Crippen LogP) is 6.71. The van der Waals surface area contributed by atoms with Crippen LogP contribution in [0.15, 0.2) is 45.3 Å². The van der Waals surface area contributed by atoms with Crippen LogP contribution in [0.1, 0.15) is 74.1 Å². The van der Waals surface area contributed by atoms with Gasteiger partial charge in [0.05, 0.1) is 17.1 Å². The first-order valence-corrected chi connectivity index (χ1v) is 14.8. The van der Waals surface area contributed by atoms with Gasteiger partial charge in [-0.2, -0.15) is 0 Å². The summed E-state index contributed by atoms with van der Waals surface area (Å²) in [5, 5.41) is 23.2. The molecule has 1 fully saturated rings. The van der Waals surface area contributed by atoms with Gasteiger partial charge in [0.25, 0.3) is 0 Å². The van der Waals surface area contributed by atoms with Gasteiger partial charge in [0.1, 0.15) is 5.76 Å². The lowest BCUT2D eigenvalue weighted by molar-refractivity contribution is -0.166. The van der Waals surface area contributed by atoms with Crippen LogP contribution in [0.5, 0.6) is 0 Å². The summed E-state index contributed by atoms with van der Waals surface area (Å²) in [6.45, 7) is 15.4. The van der Waals surface area contributed by atoms with Crippen LogP contribution in [0, 0.1) is 35.5 Å². The number of hydrogen-bond acceptors (Lipinski definition) is 6. The fourth-order valence-corrected chi connectivity index (χ4v) is 7.80. The average Bonchev–Trinajstić information content (AvgIpc) is 3.09. The van der Waals surface area contributed by atoms with Crippen LogP contribution in [0.2, 0.25) is 0 Å². The normalized spacial score (nSPS) is 42.2. The van der Waals surface area contributed by atoms with E-state index in [0.717, 1.165) is 25.7 Å². The van der Waals surface area contributed by atoms with E-state index in [1.54, 1.807) is 0 Å². The van der Waals surface area contributed by atoms with Gasteiger partial charge < -0.3 is 19.7 Å². The van der Waals surface area contributed by atoms with Gasteiger partial charge in [-0.1, -0.05) is 53.2 Å². The minimum atomic E-state index is -1.55. The van der Waals surface area contributed by atoms with Crippen molar-refractivity contribution >= 4 is 17.5 Å². The summed E-state index contributed by atoms with van der Waals surface area (Å²) in [7, 11) is 0. The highest BCUT2D eigenvalue weighted by molar-refractivity contribution is 8.02. The highest BCUT2D eigenvalue weighted by Gasteiger charge is 2.53. The van der Waals surface area contributed by atoms with Crippen LogP contribution in [0.3, 0.4) is 0 Å². The standard InChI is InChI=1S/C30H44O5S/c1-15-9-10-23-20(6)19(5)21(7)28(34-23)26-25-24(14-22(31)27(26)32)35-30(33,29(25)36-8)18(4)13-17(3)12-16(2)11-15/h11,14-15,17-21,23,28,32-33H,9-10,12-13H2,1-8H3. The molecule has 4 bridgehead atoms. The zero-order valence-corrected chi connectivity index (χ0v) is 23.9. The highest BCUT2D eigenvalue weighted by Crippen LogP contribution is 2.54. The van der Waals surface area contributed by atoms with E-state index in [0.29, 0.717) is 45.5 Å². The summed E-state index contributed by atoms with van der Waals surface area (Å²) >= 11 is 1.43. The Morgan fingerprint density at radius 2 is 1.75 bits per heavy atom. The maximum atomic E-state index is 12.9. The number of ether oxygens (including phenoxy) is 2. The molecule has 2 N–H and O–H groups in total. The lowest BCUT2D eigenvalue weighted by Gasteiger charge is -2.45. The number of ketones is 1. The highest BCUT2D eigenvalue weighted by atomic mass is 32.2. The average molecular weight is 517 g/mol. The number of hydrogen-bond donors (Lipinski definition) is 2. The first-order chi connectivity index (χ1) is 16.9. The van der Waals surface area contributed by atoms with Gasteiger partial charge in [-0.3, -0.25) is 4.79 Å². The molecular weight excluding hydrogens is 472 g/mol. The number of aliphatic hydroxyl groups is 2. The van der Waals surface area contributed by atoms with Crippen LogP contribution < -0.4 is 0 Å². The third-order valence-electron chi connectivity index (χ3n) is 9.19. The van der Waals surface area contributed by atoms with Crippen LogP contribution in [0.4, 0.5) is 0 Å². The maximum Gasteiger partial charge on any atom is 0.244 e. The van der Waals surface area contributed by atoms with Crippen molar-refractivity contribution in [2.75, 3.05) is 6.26 Å². The van der Waals surface area contributed by atoms with E-state index in [-0.39, 0.29) is 23.7 Å². The zero-order chi connectivity index (χ0) is 26.5. The molecule has 200 valence electrons. The fraction of sp³-hybridized carbons (Fsp3) is 0.700.